The van der Waals surface area contributed by atoms with Crippen LogP contribution in [0, 0.1) is 5.92 Å². The van der Waals surface area contributed by atoms with Crippen LogP contribution >= 0.6 is 0 Å². The van der Waals surface area contributed by atoms with E-state index in [9.17, 15) is 4.79 Å². The molecule has 1 amide bonds. The summed E-state index contributed by atoms with van der Waals surface area (Å²) in [6.07, 6.45) is 1.47. The summed E-state index contributed by atoms with van der Waals surface area (Å²) in [5.74, 6) is 0.582. The van der Waals surface area contributed by atoms with Crippen molar-refractivity contribution >= 4 is 11.6 Å². The zero-order valence-corrected chi connectivity index (χ0v) is 12.6. The second kappa shape index (κ2) is 6.86. The largest absolute Gasteiger partial charge is 0.309 e. The van der Waals surface area contributed by atoms with Gasteiger partial charge in [0.2, 0.25) is 5.91 Å². The van der Waals surface area contributed by atoms with Gasteiger partial charge in [0.25, 0.3) is 0 Å². The Kier molecular flexibility index (Phi) is 5.15. The minimum atomic E-state index is 0.193. The molecular weight excluding hydrogens is 252 g/mol. The lowest BCUT2D eigenvalue weighted by atomic mass is 9.92. The molecule has 0 spiro atoms. The number of carbonyl (C=O) groups is 1. The molecule has 1 aliphatic rings. The molecule has 4 heteroatoms. The Morgan fingerprint density at radius 3 is 2.65 bits per heavy atom. The van der Waals surface area contributed by atoms with Gasteiger partial charge in [-0.2, -0.15) is 5.06 Å². The fraction of sp³-hybridized carbons (Fsp3) is 0.562. The number of amides is 1. The molecule has 0 aliphatic carbocycles. The van der Waals surface area contributed by atoms with Crippen molar-refractivity contribution in [3.05, 3.63) is 30.3 Å². The highest BCUT2D eigenvalue weighted by Crippen LogP contribution is 2.27. The third-order valence-corrected chi connectivity index (χ3v) is 4.02. The third-order valence-electron chi connectivity index (χ3n) is 4.02. The summed E-state index contributed by atoms with van der Waals surface area (Å²) in [5, 5.41) is 1.97. The Morgan fingerprint density at radius 2 is 2.10 bits per heavy atom. The summed E-state index contributed by atoms with van der Waals surface area (Å²) in [4.78, 5) is 19.7. The molecule has 4 nitrogen and oxygen atoms in total. The highest BCUT2D eigenvalue weighted by Gasteiger charge is 2.33. The molecule has 1 fully saturated rings. The van der Waals surface area contributed by atoms with Gasteiger partial charge in [0.05, 0.1) is 7.11 Å². The van der Waals surface area contributed by atoms with Crippen molar-refractivity contribution in [3.8, 4) is 0 Å². The molecule has 2 rings (SSSR count). The summed E-state index contributed by atoms with van der Waals surface area (Å²) < 4.78 is 0. The molecule has 1 aromatic rings. The molecule has 110 valence electrons. The minimum Gasteiger partial charge on any atom is -0.309 e. The molecule has 0 N–H and O–H groups in total. The Balaban J connectivity index is 2.22. The summed E-state index contributed by atoms with van der Waals surface area (Å²) in [6, 6.07) is 10.2. The van der Waals surface area contributed by atoms with E-state index >= 15 is 0 Å². The van der Waals surface area contributed by atoms with E-state index in [0.29, 0.717) is 12.3 Å². The number of piperidine rings is 1. The van der Waals surface area contributed by atoms with Crippen molar-refractivity contribution in [2.45, 2.75) is 32.7 Å². The number of hydrogen-bond donors (Lipinski definition) is 0. The smallest absolute Gasteiger partial charge is 0.226 e. The number of rotatable bonds is 4. The molecule has 0 radical (unpaired) electrons. The van der Waals surface area contributed by atoms with Gasteiger partial charge in [-0.25, -0.2) is 0 Å². The monoisotopic (exact) mass is 276 g/mol. The molecule has 0 saturated carbocycles. The molecule has 1 saturated heterocycles. The molecular formula is C16H24N2O2. The van der Waals surface area contributed by atoms with Gasteiger partial charge in [-0.15, -0.1) is 0 Å². The average Bonchev–Trinajstić information content (AvgIpc) is 2.50. The predicted octanol–water partition coefficient (Wildman–Crippen LogP) is 2.70. The maximum Gasteiger partial charge on any atom is 0.226 e. The highest BCUT2D eigenvalue weighted by atomic mass is 16.7. The van der Waals surface area contributed by atoms with Crippen LogP contribution in [0.5, 0.6) is 0 Å². The maximum atomic E-state index is 12.4. The highest BCUT2D eigenvalue weighted by molar-refractivity contribution is 5.93. The van der Waals surface area contributed by atoms with E-state index in [1.807, 2.05) is 47.2 Å². The zero-order chi connectivity index (χ0) is 14.5. The van der Waals surface area contributed by atoms with Crippen molar-refractivity contribution < 1.29 is 9.63 Å². The van der Waals surface area contributed by atoms with Crippen LogP contribution in [-0.4, -0.2) is 37.2 Å². The van der Waals surface area contributed by atoms with E-state index < -0.39 is 0 Å². The van der Waals surface area contributed by atoms with Gasteiger partial charge in [0.1, 0.15) is 0 Å². The lowest BCUT2D eigenvalue weighted by Crippen LogP contribution is -2.52. The van der Waals surface area contributed by atoms with Crippen LogP contribution in [0.3, 0.4) is 0 Å². The molecule has 0 aromatic heterocycles. The fourth-order valence-electron chi connectivity index (χ4n) is 2.92. The normalized spacial score (nSPS) is 23.6. The summed E-state index contributed by atoms with van der Waals surface area (Å²) in [7, 11) is 1.71. The number of hydroxylamine groups is 2. The lowest BCUT2D eigenvalue weighted by molar-refractivity contribution is -0.155. The Labute approximate surface area is 121 Å². The standard InChI is InChI=1S/C16H24N2O2/c1-4-16(19)18(14-8-6-5-7-9-14)15-10-11-17(20-3)12-13(15)2/h5-9,13,15H,4,10-12H2,1-3H3. The van der Waals surface area contributed by atoms with Crippen LogP contribution in [0.15, 0.2) is 30.3 Å². The second-order valence-corrected chi connectivity index (χ2v) is 5.36. The van der Waals surface area contributed by atoms with E-state index in [1.54, 1.807) is 7.11 Å². The van der Waals surface area contributed by atoms with Crippen LogP contribution in [0.4, 0.5) is 5.69 Å². The SMILES string of the molecule is CCC(=O)N(c1ccccc1)C1CCN(OC)CC1C. The second-order valence-electron chi connectivity index (χ2n) is 5.36. The summed E-state index contributed by atoms with van der Waals surface area (Å²) >= 11 is 0. The summed E-state index contributed by atoms with van der Waals surface area (Å²) in [6.45, 7) is 5.84. The Bertz CT molecular complexity index is 435. The number of carbonyl (C=O) groups excluding carboxylic acids is 1. The number of anilines is 1. The van der Waals surface area contributed by atoms with Gasteiger partial charge < -0.3 is 9.74 Å². The first-order valence-electron chi connectivity index (χ1n) is 7.33. The van der Waals surface area contributed by atoms with Gasteiger partial charge in [-0.1, -0.05) is 32.0 Å². The minimum absolute atomic E-state index is 0.193. The lowest BCUT2D eigenvalue weighted by Gasteiger charge is -2.41. The van der Waals surface area contributed by atoms with Crippen LogP contribution in [0.25, 0.3) is 0 Å². The predicted molar refractivity (Wildman–Crippen MR) is 80.4 cm³/mol. The average molecular weight is 276 g/mol. The van der Waals surface area contributed by atoms with Gasteiger partial charge in [-0.05, 0) is 24.5 Å². The Hall–Kier alpha value is -1.39. The van der Waals surface area contributed by atoms with Crippen LogP contribution < -0.4 is 4.90 Å². The van der Waals surface area contributed by atoms with E-state index in [2.05, 4.69) is 6.92 Å². The number of nitrogens with zero attached hydrogens (tertiary/aromatic N) is 2. The molecule has 2 unspecified atom stereocenters. The van der Waals surface area contributed by atoms with Crippen molar-refractivity contribution in [3.63, 3.8) is 0 Å². The van der Waals surface area contributed by atoms with Crippen LogP contribution in [0.2, 0.25) is 0 Å². The van der Waals surface area contributed by atoms with Crippen molar-refractivity contribution in [2.75, 3.05) is 25.1 Å². The molecule has 2 atom stereocenters. The van der Waals surface area contributed by atoms with Crippen molar-refractivity contribution in [1.82, 2.24) is 5.06 Å². The first-order valence-corrected chi connectivity index (χ1v) is 7.33. The Morgan fingerprint density at radius 1 is 1.40 bits per heavy atom. The van der Waals surface area contributed by atoms with E-state index in [4.69, 9.17) is 4.84 Å². The fourth-order valence-corrected chi connectivity index (χ4v) is 2.92. The van der Waals surface area contributed by atoms with Crippen LogP contribution in [0.1, 0.15) is 26.7 Å². The van der Waals surface area contributed by atoms with Crippen molar-refractivity contribution in [1.29, 1.82) is 0 Å². The zero-order valence-electron chi connectivity index (χ0n) is 12.6. The topological polar surface area (TPSA) is 32.8 Å². The van der Waals surface area contributed by atoms with Crippen molar-refractivity contribution in [2.24, 2.45) is 5.92 Å². The van der Waals surface area contributed by atoms with E-state index in [0.717, 1.165) is 25.2 Å². The van der Waals surface area contributed by atoms with Gasteiger partial charge >= 0.3 is 0 Å². The number of hydrogen-bond acceptors (Lipinski definition) is 3. The first-order chi connectivity index (χ1) is 9.67. The molecule has 20 heavy (non-hydrogen) atoms. The molecule has 0 bridgehead atoms. The van der Waals surface area contributed by atoms with Crippen LogP contribution in [-0.2, 0) is 9.63 Å². The number of benzene rings is 1. The number of para-hydroxylation sites is 1. The molecule has 1 aromatic carbocycles. The first kappa shape index (κ1) is 15.0. The quantitative estimate of drug-likeness (QED) is 0.847. The molecule has 1 heterocycles. The van der Waals surface area contributed by atoms with E-state index in [-0.39, 0.29) is 11.9 Å². The third kappa shape index (κ3) is 3.19. The molecule has 1 aliphatic heterocycles. The van der Waals surface area contributed by atoms with E-state index in [1.165, 1.54) is 0 Å². The van der Waals surface area contributed by atoms with Gasteiger partial charge in [-0.3, -0.25) is 4.79 Å². The summed E-state index contributed by atoms with van der Waals surface area (Å²) in [5.41, 5.74) is 1.00. The maximum absolute atomic E-state index is 12.4. The van der Waals surface area contributed by atoms with Gasteiger partial charge in [0.15, 0.2) is 0 Å². The van der Waals surface area contributed by atoms with Gasteiger partial charge in [0, 0.05) is 31.2 Å².